The second-order valence-corrected chi connectivity index (χ2v) is 6.59. The zero-order valence-electron chi connectivity index (χ0n) is 10.1. The highest BCUT2D eigenvalue weighted by Gasteiger charge is 2.29. The van der Waals surface area contributed by atoms with Crippen LogP contribution >= 0.6 is 0 Å². The van der Waals surface area contributed by atoms with Crippen molar-refractivity contribution in [2.24, 2.45) is 5.92 Å². The Morgan fingerprint density at radius 3 is 2.35 bits per heavy atom. The molecule has 0 saturated heterocycles. The molecule has 0 spiro atoms. The minimum absolute atomic E-state index is 0.0594. The molecule has 1 rings (SSSR count). The van der Waals surface area contributed by atoms with E-state index in [1.807, 2.05) is 0 Å². The second kappa shape index (κ2) is 5.14. The van der Waals surface area contributed by atoms with Gasteiger partial charge in [0.25, 0.3) is 0 Å². The van der Waals surface area contributed by atoms with E-state index in [1.165, 1.54) is 19.1 Å². The van der Waals surface area contributed by atoms with Crippen molar-refractivity contribution in [2.75, 3.05) is 6.61 Å². The lowest BCUT2D eigenvalue weighted by Crippen LogP contribution is -2.30. The van der Waals surface area contributed by atoms with Gasteiger partial charge in [0, 0.05) is 0 Å². The number of aryl methyl sites for hydroxylation is 1. The van der Waals surface area contributed by atoms with Crippen LogP contribution in [0, 0.1) is 18.7 Å². The number of aliphatic hydroxyl groups is 1. The van der Waals surface area contributed by atoms with Crippen molar-refractivity contribution in [3.8, 4) is 0 Å². The molecule has 0 aliphatic carbocycles. The molecule has 0 bridgehead atoms. The van der Waals surface area contributed by atoms with Crippen LogP contribution in [0.5, 0.6) is 0 Å². The summed E-state index contributed by atoms with van der Waals surface area (Å²) in [5.41, 5.74) is 0.284. The van der Waals surface area contributed by atoms with Crippen molar-refractivity contribution < 1.29 is 17.9 Å². The van der Waals surface area contributed by atoms with Crippen LogP contribution in [0.3, 0.4) is 0 Å². The van der Waals surface area contributed by atoms with Crippen LogP contribution in [-0.4, -0.2) is 25.4 Å². The summed E-state index contributed by atoms with van der Waals surface area (Å²) in [5, 5.41) is 8.31. The molecular weight excluding hydrogens is 243 g/mol. The van der Waals surface area contributed by atoms with Gasteiger partial charge in [0.1, 0.15) is 5.82 Å². The SMILES string of the molecule is Cc1cc(S(=O)(=O)C(CO)C(C)C)ccc1F. The largest absolute Gasteiger partial charge is 0.395 e. The van der Waals surface area contributed by atoms with E-state index < -0.39 is 27.5 Å². The molecule has 0 aliphatic rings. The first-order valence-corrected chi connectivity index (χ1v) is 6.96. The Morgan fingerprint density at radius 2 is 1.94 bits per heavy atom. The first-order chi connectivity index (χ1) is 7.80. The fourth-order valence-corrected chi connectivity index (χ4v) is 3.50. The lowest BCUT2D eigenvalue weighted by Gasteiger charge is -2.19. The molecule has 1 aromatic rings. The molecule has 17 heavy (non-hydrogen) atoms. The van der Waals surface area contributed by atoms with Crippen LogP contribution in [-0.2, 0) is 9.84 Å². The summed E-state index contributed by atoms with van der Waals surface area (Å²) in [6.07, 6.45) is 0. The first kappa shape index (κ1) is 14.1. The van der Waals surface area contributed by atoms with Gasteiger partial charge in [-0.25, -0.2) is 12.8 Å². The average Bonchev–Trinajstić information content (AvgIpc) is 2.21. The van der Waals surface area contributed by atoms with E-state index in [0.717, 1.165) is 6.07 Å². The zero-order valence-corrected chi connectivity index (χ0v) is 11.0. The molecule has 0 fully saturated rings. The van der Waals surface area contributed by atoms with Crippen molar-refractivity contribution in [2.45, 2.75) is 30.9 Å². The summed E-state index contributed by atoms with van der Waals surface area (Å²) in [7, 11) is -3.61. The Hall–Kier alpha value is -0.940. The number of aliphatic hydroxyl groups excluding tert-OH is 1. The third kappa shape index (κ3) is 2.84. The topological polar surface area (TPSA) is 54.4 Å². The molecule has 1 N–H and O–H groups in total. The molecule has 0 amide bonds. The van der Waals surface area contributed by atoms with Crippen molar-refractivity contribution >= 4 is 9.84 Å². The maximum Gasteiger partial charge on any atom is 0.183 e. The third-order valence-electron chi connectivity index (χ3n) is 2.78. The Bertz CT molecular complexity index is 494. The van der Waals surface area contributed by atoms with Crippen molar-refractivity contribution in [1.29, 1.82) is 0 Å². The molecular formula is C12H17FO3S. The fraction of sp³-hybridized carbons (Fsp3) is 0.500. The lowest BCUT2D eigenvalue weighted by molar-refractivity contribution is 0.269. The molecule has 3 nitrogen and oxygen atoms in total. The minimum Gasteiger partial charge on any atom is -0.395 e. The van der Waals surface area contributed by atoms with Crippen LogP contribution in [0.2, 0.25) is 0 Å². The number of benzene rings is 1. The summed E-state index contributed by atoms with van der Waals surface area (Å²) in [6.45, 7) is 4.54. The molecule has 5 heteroatoms. The molecule has 0 radical (unpaired) electrons. The number of hydrogen-bond acceptors (Lipinski definition) is 3. The Labute approximate surface area is 101 Å². The molecule has 0 heterocycles. The van der Waals surface area contributed by atoms with Gasteiger partial charge in [-0.2, -0.15) is 0 Å². The van der Waals surface area contributed by atoms with Gasteiger partial charge in [-0.3, -0.25) is 0 Å². The van der Waals surface area contributed by atoms with Gasteiger partial charge in [0.2, 0.25) is 0 Å². The Morgan fingerprint density at radius 1 is 1.35 bits per heavy atom. The number of hydrogen-bond donors (Lipinski definition) is 1. The maximum atomic E-state index is 13.1. The molecule has 0 saturated carbocycles. The molecule has 1 atom stereocenters. The highest BCUT2D eigenvalue weighted by Crippen LogP contribution is 2.23. The van der Waals surface area contributed by atoms with Gasteiger partial charge >= 0.3 is 0 Å². The predicted molar refractivity (Wildman–Crippen MR) is 64.0 cm³/mol. The van der Waals surface area contributed by atoms with Gasteiger partial charge in [0.15, 0.2) is 9.84 Å². The summed E-state index contributed by atoms with van der Waals surface area (Å²) in [4.78, 5) is 0.0594. The normalized spacial score (nSPS) is 14.0. The van der Waals surface area contributed by atoms with Gasteiger partial charge in [-0.1, -0.05) is 13.8 Å². The molecule has 1 aromatic carbocycles. The summed E-state index contributed by atoms with van der Waals surface area (Å²) in [5.74, 6) is -0.635. The van der Waals surface area contributed by atoms with Crippen LogP contribution in [0.15, 0.2) is 23.1 Å². The number of sulfone groups is 1. The van der Waals surface area contributed by atoms with E-state index in [0.29, 0.717) is 0 Å². The quantitative estimate of drug-likeness (QED) is 0.842. The molecule has 0 aliphatic heterocycles. The van der Waals surface area contributed by atoms with E-state index in [-0.39, 0.29) is 16.4 Å². The summed E-state index contributed by atoms with van der Waals surface area (Å²) < 4.78 is 37.5. The van der Waals surface area contributed by atoms with E-state index in [1.54, 1.807) is 13.8 Å². The van der Waals surface area contributed by atoms with Crippen molar-refractivity contribution in [3.05, 3.63) is 29.6 Å². The lowest BCUT2D eigenvalue weighted by atomic mass is 10.1. The van der Waals surface area contributed by atoms with Gasteiger partial charge in [-0.05, 0) is 36.6 Å². The predicted octanol–water partition coefficient (Wildman–Crippen LogP) is 1.92. The standard InChI is InChI=1S/C12H17FO3S/c1-8(2)12(7-14)17(15,16)10-4-5-11(13)9(3)6-10/h4-6,8,12,14H,7H2,1-3H3. The Balaban J connectivity index is 3.25. The monoisotopic (exact) mass is 260 g/mol. The van der Waals surface area contributed by atoms with E-state index >= 15 is 0 Å². The number of halogens is 1. The minimum atomic E-state index is -3.61. The van der Waals surface area contributed by atoms with E-state index in [2.05, 4.69) is 0 Å². The zero-order chi connectivity index (χ0) is 13.2. The molecule has 1 unspecified atom stereocenters. The van der Waals surface area contributed by atoms with Crippen LogP contribution in [0.25, 0.3) is 0 Å². The van der Waals surface area contributed by atoms with Crippen LogP contribution in [0.4, 0.5) is 4.39 Å². The van der Waals surface area contributed by atoms with E-state index in [9.17, 15) is 12.8 Å². The van der Waals surface area contributed by atoms with Crippen LogP contribution < -0.4 is 0 Å². The smallest absolute Gasteiger partial charge is 0.183 e. The van der Waals surface area contributed by atoms with Gasteiger partial charge in [-0.15, -0.1) is 0 Å². The second-order valence-electron chi connectivity index (χ2n) is 4.42. The average molecular weight is 260 g/mol. The van der Waals surface area contributed by atoms with Crippen LogP contribution in [0.1, 0.15) is 19.4 Å². The fourth-order valence-electron chi connectivity index (χ4n) is 1.64. The van der Waals surface area contributed by atoms with E-state index in [4.69, 9.17) is 5.11 Å². The van der Waals surface area contributed by atoms with Gasteiger partial charge in [0.05, 0.1) is 16.8 Å². The third-order valence-corrected chi connectivity index (χ3v) is 5.18. The Kier molecular flexibility index (Phi) is 4.27. The summed E-state index contributed by atoms with van der Waals surface area (Å²) in [6, 6.07) is 3.68. The molecule has 96 valence electrons. The maximum absolute atomic E-state index is 13.1. The molecule has 0 aromatic heterocycles. The van der Waals surface area contributed by atoms with Crippen molar-refractivity contribution in [1.82, 2.24) is 0 Å². The first-order valence-electron chi connectivity index (χ1n) is 5.41. The van der Waals surface area contributed by atoms with Gasteiger partial charge < -0.3 is 5.11 Å². The summed E-state index contributed by atoms with van der Waals surface area (Å²) >= 11 is 0. The highest BCUT2D eigenvalue weighted by atomic mass is 32.2. The highest BCUT2D eigenvalue weighted by molar-refractivity contribution is 7.92. The number of rotatable bonds is 4. The van der Waals surface area contributed by atoms with Crippen molar-refractivity contribution in [3.63, 3.8) is 0 Å².